The minimum Gasteiger partial charge on any atom is -0.375 e. The number of sulfonamides is 1. The average molecular weight is 394 g/mol. The van der Waals surface area contributed by atoms with Crippen molar-refractivity contribution in [1.82, 2.24) is 9.62 Å². The summed E-state index contributed by atoms with van der Waals surface area (Å²) in [5, 5.41) is 0. The van der Waals surface area contributed by atoms with Crippen molar-refractivity contribution in [2.45, 2.75) is 56.6 Å². The van der Waals surface area contributed by atoms with Gasteiger partial charge in [0.05, 0.1) is 17.6 Å². The SMILES string of the molecule is CCCCC(N=C1NS(=O)(=O)c2ccccc21)C(=O)N1CCOC(CC)C1. The number of hydrogen-bond acceptors (Lipinski definition) is 5. The van der Waals surface area contributed by atoms with Crippen LogP contribution >= 0.6 is 0 Å². The summed E-state index contributed by atoms with van der Waals surface area (Å²) in [5.74, 6) is 0.210. The van der Waals surface area contributed by atoms with E-state index in [0.29, 0.717) is 31.7 Å². The predicted octanol–water partition coefficient (Wildman–Crippen LogP) is 1.92. The number of nitrogens with one attached hydrogen (secondary N) is 1. The molecular formula is C19H27N3O4S. The molecule has 0 aliphatic carbocycles. The minimum atomic E-state index is -3.61. The molecule has 0 saturated carbocycles. The number of benzene rings is 1. The van der Waals surface area contributed by atoms with Crippen molar-refractivity contribution in [2.75, 3.05) is 19.7 Å². The maximum absolute atomic E-state index is 13.1. The van der Waals surface area contributed by atoms with E-state index in [0.717, 1.165) is 19.3 Å². The van der Waals surface area contributed by atoms with E-state index in [2.05, 4.69) is 16.6 Å². The van der Waals surface area contributed by atoms with Crippen LogP contribution in [0.3, 0.4) is 0 Å². The molecule has 7 nitrogen and oxygen atoms in total. The Morgan fingerprint density at radius 1 is 1.37 bits per heavy atom. The van der Waals surface area contributed by atoms with E-state index in [9.17, 15) is 13.2 Å². The van der Waals surface area contributed by atoms with E-state index in [1.165, 1.54) is 0 Å². The first-order chi connectivity index (χ1) is 13.0. The number of ether oxygens (including phenoxy) is 1. The van der Waals surface area contributed by atoms with Gasteiger partial charge in [-0.3, -0.25) is 14.5 Å². The number of carbonyl (C=O) groups is 1. The first-order valence-electron chi connectivity index (χ1n) is 9.56. The molecule has 1 aromatic rings. The summed E-state index contributed by atoms with van der Waals surface area (Å²) < 4.78 is 32.8. The number of hydrogen-bond donors (Lipinski definition) is 1. The zero-order valence-corrected chi connectivity index (χ0v) is 16.7. The van der Waals surface area contributed by atoms with E-state index in [4.69, 9.17) is 4.74 Å². The molecule has 0 aromatic heterocycles. The third-order valence-electron chi connectivity index (χ3n) is 4.97. The Labute approximate surface area is 160 Å². The molecule has 1 fully saturated rings. The number of amides is 1. The highest BCUT2D eigenvalue weighted by Gasteiger charge is 2.33. The van der Waals surface area contributed by atoms with E-state index < -0.39 is 16.1 Å². The van der Waals surface area contributed by atoms with Crippen molar-refractivity contribution in [1.29, 1.82) is 0 Å². The van der Waals surface area contributed by atoms with Crippen molar-refractivity contribution in [3.05, 3.63) is 29.8 Å². The number of amidine groups is 1. The summed E-state index contributed by atoms with van der Waals surface area (Å²) in [5.41, 5.74) is 0.528. The number of aliphatic imine (C=N–C) groups is 1. The molecule has 27 heavy (non-hydrogen) atoms. The fourth-order valence-electron chi connectivity index (χ4n) is 3.40. The monoisotopic (exact) mass is 393 g/mol. The maximum Gasteiger partial charge on any atom is 0.263 e. The number of fused-ring (bicyclic) bond motifs is 1. The molecule has 2 aliphatic heterocycles. The van der Waals surface area contributed by atoms with E-state index in [1.807, 2.05) is 6.92 Å². The summed E-state index contributed by atoms with van der Waals surface area (Å²) in [7, 11) is -3.61. The van der Waals surface area contributed by atoms with Crippen LogP contribution in [0.15, 0.2) is 34.2 Å². The number of nitrogens with zero attached hydrogens (tertiary/aromatic N) is 2. The quantitative estimate of drug-likeness (QED) is 0.800. The molecular weight excluding hydrogens is 366 g/mol. The molecule has 0 bridgehead atoms. The van der Waals surface area contributed by atoms with E-state index >= 15 is 0 Å². The minimum absolute atomic E-state index is 0.0490. The smallest absolute Gasteiger partial charge is 0.263 e. The zero-order chi connectivity index (χ0) is 19.4. The molecule has 1 aromatic carbocycles. The van der Waals surface area contributed by atoms with Crippen LogP contribution in [0.1, 0.15) is 45.1 Å². The van der Waals surface area contributed by atoms with Gasteiger partial charge in [-0.05, 0) is 25.0 Å². The third-order valence-corrected chi connectivity index (χ3v) is 6.37. The van der Waals surface area contributed by atoms with Gasteiger partial charge in [0.15, 0.2) is 0 Å². The number of carbonyl (C=O) groups excluding carboxylic acids is 1. The molecule has 0 radical (unpaired) electrons. The van der Waals surface area contributed by atoms with Crippen molar-refractivity contribution in [3.63, 3.8) is 0 Å². The van der Waals surface area contributed by atoms with E-state index in [-0.39, 0.29) is 22.7 Å². The van der Waals surface area contributed by atoms with Crippen molar-refractivity contribution in [3.8, 4) is 0 Å². The molecule has 2 unspecified atom stereocenters. The van der Waals surface area contributed by atoms with Crippen molar-refractivity contribution < 1.29 is 17.9 Å². The second-order valence-electron chi connectivity index (χ2n) is 6.92. The van der Waals surface area contributed by atoms with Gasteiger partial charge < -0.3 is 9.64 Å². The Morgan fingerprint density at radius 2 is 2.15 bits per heavy atom. The Bertz CT molecular complexity index is 822. The van der Waals surface area contributed by atoms with Gasteiger partial charge in [0.1, 0.15) is 11.9 Å². The Kier molecular flexibility index (Phi) is 6.16. The lowest BCUT2D eigenvalue weighted by Crippen LogP contribution is -2.49. The summed E-state index contributed by atoms with van der Waals surface area (Å²) in [6.07, 6.45) is 3.29. The van der Waals surface area contributed by atoms with Gasteiger partial charge >= 0.3 is 0 Å². The highest BCUT2D eigenvalue weighted by atomic mass is 32.2. The maximum atomic E-state index is 13.1. The molecule has 1 N–H and O–H groups in total. The van der Waals surface area contributed by atoms with Crippen LogP contribution in [-0.4, -0.2) is 56.9 Å². The molecule has 2 atom stereocenters. The normalized spacial score (nSPS) is 23.7. The second kappa shape index (κ2) is 8.39. The number of morpholine rings is 1. The van der Waals surface area contributed by atoms with Crippen molar-refractivity contribution in [2.24, 2.45) is 4.99 Å². The summed E-state index contributed by atoms with van der Waals surface area (Å²) in [6, 6.07) is 6.13. The Balaban J connectivity index is 1.87. The average Bonchev–Trinajstić information content (AvgIpc) is 2.95. The summed E-state index contributed by atoms with van der Waals surface area (Å²) >= 11 is 0. The highest BCUT2D eigenvalue weighted by molar-refractivity contribution is 7.90. The summed E-state index contributed by atoms with van der Waals surface area (Å²) in [4.78, 5) is 19.7. The molecule has 3 rings (SSSR count). The van der Waals surface area contributed by atoms with Crippen LogP contribution in [0.25, 0.3) is 0 Å². The first-order valence-corrected chi connectivity index (χ1v) is 11.0. The number of rotatable bonds is 6. The predicted molar refractivity (Wildman–Crippen MR) is 103 cm³/mol. The molecule has 2 heterocycles. The molecule has 8 heteroatoms. The Morgan fingerprint density at radius 3 is 2.89 bits per heavy atom. The fourth-order valence-corrected chi connectivity index (χ4v) is 4.64. The van der Waals surface area contributed by atoms with Gasteiger partial charge in [0, 0.05) is 18.7 Å². The van der Waals surface area contributed by atoms with Crippen LogP contribution in [0.5, 0.6) is 0 Å². The van der Waals surface area contributed by atoms with Gasteiger partial charge in [-0.2, -0.15) is 0 Å². The molecule has 2 aliphatic rings. The lowest BCUT2D eigenvalue weighted by Gasteiger charge is -2.34. The fraction of sp³-hybridized carbons (Fsp3) is 0.579. The largest absolute Gasteiger partial charge is 0.375 e. The van der Waals surface area contributed by atoms with Gasteiger partial charge in [0.2, 0.25) is 5.91 Å². The van der Waals surface area contributed by atoms with E-state index in [1.54, 1.807) is 29.2 Å². The van der Waals surface area contributed by atoms with Crippen LogP contribution in [0.4, 0.5) is 0 Å². The lowest BCUT2D eigenvalue weighted by atomic mass is 10.1. The van der Waals surface area contributed by atoms with Crippen LogP contribution in [0, 0.1) is 0 Å². The lowest BCUT2D eigenvalue weighted by molar-refractivity contribution is -0.140. The topological polar surface area (TPSA) is 88.1 Å². The standard InChI is InChI=1S/C19H27N3O4S/c1-3-5-9-16(19(23)22-11-12-26-14(4-2)13-22)20-18-15-8-6-7-10-17(15)27(24,25)21-18/h6-8,10,14,16H,3-5,9,11-13H2,1-2H3,(H,20,21). The molecule has 1 amide bonds. The van der Waals surface area contributed by atoms with Crippen LogP contribution in [0.2, 0.25) is 0 Å². The third kappa shape index (κ3) is 4.32. The van der Waals surface area contributed by atoms with Crippen LogP contribution in [-0.2, 0) is 19.6 Å². The molecule has 0 spiro atoms. The number of unbranched alkanes of at least 4 members (excludes halogenated alkanes) is 1. The Hall–Kier alpha value is -1.93. The first kappa shape index (κ1) is 19.8. The second-order valence-corrected chi connectivity index (χ2v) is 8.57. The molecule has 1 saturated heterocycles. The van der Waals surface area contributed by atoms with Gasteiger partial charge in [-0.15, -0.1) is 0 Å². The summed E-state index contributed by atoms with van der Waals surface area (Å²) in [6.45, 7) is 5.73. The van der Waals surface area contributed by atoms with Gasteiger partial charge in [0.25, 0.3) is 10.0 Å². The zero-order valence-electron chi connectivity index (χ0n) is 15.8. The highest BCUT2D eigenvalue weighted by Crippen LogP contribution is 2.24. The van der Waals surface area contributed by atoms with Crippen molar-refractivity contribution >= 4 is 21.8 Å². The molecule has 148 valence electrons. The van der Waals surface area contributed by atoms with Crippen LogP contribution < -0.4 is 4.72 Å². The van der Waals surface area contributed by atoms with Gasteiger partial charge in [-0.1, -0.05) is 38.8 Å². The van der Waals surface area contributed by atoms with Gasteiger partial charge in [-0.25, -0.2) is 8.42 Å².